The van der Waals surface area contributed by atoms with Gasteiger partial charge in [-0.3, -0.25) is 9.47 Å². The number of aliphatic hydroxyl groups excluding tert-OH is 1. The van der Waals surface area contributed by atoms with Gasteiger partial charge in [0, 0.05) is 39.3 Å². The summed E-state index contributed by atoms with van der Waals surface area (Å²) in [5, 5.41) is 17.2. The molecule has 1 aromatic carbocycles. The first-order valence-corrected chi connectivity index (χ1v) is 14.8. The molecule has 0 aliphatic carbocycles. The van der Waals surface area contributed by atoms with Crippen molar-refractivity contribution in [2.45, 2.75) is 44.6 Å². The first-order valence-electron chi connectivity index (χ1n) is 13.3. The molecule has 13 nitrogen and oxygen atoms in total. The summed E-state index contributed by atoms with van der Waals surface area (Å²) in [7, 11) is -3.79. The highest BCUT2D eigenvalue weighted by atomic mass is 32.2. The van der Waals surface area contributed by atoms with Crippen molar-refractivity contribution in [3.8, 4) is 17.1 Å². The summed E-state index contributed by atoms with van der Waals surface area (Å²) < 4.78 is 37.6. The average Bonchev–Trinajstić information content (AvgIpc) is 3.60. The summed E-state index contributed by atoms with van der Waals surface area (Å²) >= 11 is 0. The number of sulfonamides is 1. The molecule has 5 rings (SSSR count). The van der Waals surface area contributed by atoms with Gasteiger partial charge < -0.3 is 14.8 Å². The second kappa shape index (κ2) is 11.4. The van der Waals surface area contributed by atoms with Crippen molar-refractivity contribution in [3.05, 3.63) is 35.0 Å². The molecule has 0 atom stereocenters. The third kappa shape index (κ3) is 5.16. The first-order chi connectivity index (χ1) is 18.9. The Hall–Kier alpha value is -3.33. The predicted molar refractivity (Wildman–Crippen MR) is 145 cm³/mol. The number of rotatable bonds is 11. The van der Waals surface area contributed by atoms with Crippen molar-refractivity contribution >= 4 is 26.8 Å². The quantitative estimate of drug-likeness (QED) is 0.278. The van der Waals surface area contributed by atoms with Gasteiger partial charge in [0.2, 0.25) is 10.0 Å². The summed E-state index contributed by atoms with van der Waals surface area (Å²) in [5.41, 5.74) is 1.51. The van der Waals surface area contributed by atoms with Crippen LogP contribution in [0, 0.1) is 0 Å². The van der Waals surface area contributed by atoms with Gasteiger partial charge in [-0.05, 0) is 31.0 Å². The Morgan fingerprint density at radius 2 is 1.87 bits per heavy atom. The van der Waals surface area contributed by atoms with Crippen LogP contribution in [-0.2, 0) is 16.6 Å². The van der Waals surface area contributed by atoms with Gasteiger partial charge in [0.25, 0.3) is 0 Å². The van der Waals surface area contributed by atoms with Gasteiger partial charge in [-0.1, -0.05) is 20.3 Å². The van der Waals surface area contributed by atoms with Crippen LogP contribution in [0.25, 0.3) is 28.2 Å². The summed E-state index contributed by atoms with van der Waals surface area (Å²) in [5.74, 6) is 0.865. The molecule has 0 radical (unpaired) electrons. The van der Waals surface area contributed by atoms with E-state index in [-0.39, 0.29) is 17.2 Å². The number of nitrogens with zero attached hydrogens (tertiary/aromatic N) is 7. The van der Waals surface area contributed by atoms with E-state index in [4.69, 9.17) is 9.72 Å². The largest absolute Gasteiger partial charge is 0.493 e. The van der Waals surface area contributed by atoms with Gasteiger partial charge in [0.15, 0.2) is 11.3 Å². The standard InChI is InChI=1S/C25H34N8O5S/c1-3-5-8-32-23-21(24-29-26-17-33(24)25(32)35)27-22(28-23)19-16-18(6-7-20(19)38-15-4-2)39(36,37)31-11-9-30(10-12-31)13-14-34/h6-7,16-17,34H,3-5,8-15H2,1-2H3,(H,27,28). The molecule has 2 N–H and O–H groups in total. The minimum atomic E-state index is -3.79. The van der Waals surface area contributed by atoms with Gasteiger partial charge in [0.05, 0.1) is 23.7 Å². The fraction of sp³-hybridized carbons (Fsp3) is 0.520. The van der Waals surface area contributed by atoms with Crippen LogP contribution in [0.5, 0.6) is 5.75 Å². The Kier molecular flexibility index (Phi) is 7.98. The number of unbranched alkanes of at least 4 members (excludes halogenated alkanes) is 1. The number of ether oxygens (including phenoxy) is 1. The molecular formula is C25H34N8O5S. The fourth-order valence-corrected chi connectivity index (χ4v) is 6.25. The lowest BCUT2D eigenvalue weighted by Gasteiger charge is -2.33. The van der Waals surface area contributed by atoms with E-state index in [1.807, 2.05) is 18.7 Å². The van der Waals surface area contributed by atoms with Crippen molar-refractivity contribution in [1.82, 2.24) is 38.3 Å². The van der Waals surface area contributed by atoms with Crippen LogP contribution in [0.4, 0.5) is 0 Å². The van der Waals surface area contributed by atoms with Crippen molar-refractivity contribution in [1.29, 1.82) is 0 Å². The number of aromatic nitrogens is 6. The van der Waals surface area contributed by atoms with Crippen molar-refractivity contribution in [2.24, 2.45) is 0 Å². The number of benzene rings is 1. The SMILES string of the molecule is CCCCn1c(=O)n2cnnc2c2[nH]c(-c3cc(S(=O)(=O)N4CCN(CCO)CC4)ccc3OCCC)nc21. The molecule has 39 heavy (non-hydrogen) atoms. The molecule has 4 heterocycles. The lowest BCUT2D eigenvalue weighted by Crippen LogP contribution is -2.49. The molecule has 0 unspecified atom stereocenters. The number of hydrogen-bond donors (Lipinski definition) is 2. The van der Waals surface area contributed by atoms with Gasteiger partial charge in [0.1, 0.15) is 23.4 Å². The van der Waals surface area contributed by atoms with Crippen molar-refractivity contribution in [2.75, 3.05) is 45.9 Å². The Labute approximate surface area is 226 Å². The monoisotopic (exact) mass is 558 g/mol. The van der Waals surface area contributed by atoms with Crippen LogP contribution < -0.4 is 10.4 Å². The number of hydrogen-bond acceptors (Lipinski definition) is 9. The van der Waals surface area contributed by atoms with E-state index >= 15 is 0 Å². The molecule has 3 aromatic heterocycles. The summed E-state index contributed by atoms with van der Waals surface area (Å²) in [4.78, 5) is 23.4. The maximum Gasteiger partial charge on any atom is 0.336 e. The van der Waals surface area contributed by atoms with Crippen molar-refractivity contribution < 1.29 is 18.3 Å². The number of aryl methyl sites for hydroxylation is 1. The molecule has 1 saturated heterocycles. The molecule has 0 spiro atoms. The first kappa shape index (κ1) is 27.2. The third-order valence-corrected chi connectivity index (χ3v) is 8.83. The second-order valence-corrected chi connectivity index (χ2v) is 11.5. The highest BCUT2D eigenvalue weighted by Crippen LogP contribution is 2.33. The van der Waals surface area contributed by atoms with E-state index in [1.54, 1.807) is 22.8 Å². The maximum atomic E-state index is 13.6. The van der Waals surface area contributed by atoms with E-state index in [1.165, 1.54) is 15.0 Å². The Morgan fingerprint density at radius 3 is 2.59 bits per heavy atom. The van der Waals surface area contributed by atoms with E-state index in [0.29, 0.717) is 79.8 Å². The zero-order valence-electron chi connectivity index (χ0n) is 22.2. The molecule has 1 fully saturated rings. The third-order valence-electron chi connectivity index (χ3n) is 6.94. The van der Waals surface area contributed by atoms with E-state index in [0.717, 1.165) is 19.3 Å². The van der Waals surface area contributed by atoms with Gasteiger partial charge >= 0.3 is 5.69 Å². The number of piperazine rings is 1. The lowest BCUT2D eigenvalue weighted by molar-refractivity contribution is 0.151. The number of imidazole rings is 1. The molecule has 4 aromatic rings. The number of H-pyrrole nitrogens is 1. The van der Waals surface area contributed by atoms with Crippen LogP contribution in [-0.4, -0.2) is 97.8 Å². The predicted octanol–water partition coefficient (Wildman–Crippen LogP) is 1.32. The topological polar surface area (TPSA) is 151 Å². The van der Waals surface area contributed by atoms with Crippen LogP contribution in [0.15, 0.2) is 34.2 Å². The average molecular weight is 559 g/mol. The van der Waals surface area contributed by atoms with Crippen molar-refractivity contribution in [3.63, 3.8) is 0 Å². The van der Waals surface area contributed by atoms with Crippen LogP contribution >= 0.6 is 0 Å². The Morgan fingerprint density at radius 1 is 1.08 bits per heavy atom. The van der Waals surface area contributed by atoms with Gasteiger partial charge in [-0.25, -0.2) is 22.6 Å². The summed E-state index contributed by atoms with van der Waals surface area (Å²) in [6.07, 6.45) is 3.83. The molecule has 210 valence electrons. The zero-order valence-corrected chi connectivity index (χ0v) is 23.0. The van der Waals surface area contributed by atoms with Crippen LogP contribution in [0.1, 0.15) is 33.1 Å². The molecule has 0 bridgehead atoms. The number of aromatic amines is 1. The maximum absolute atomic E-state index is 13.6. The number of β-amino-alcohol motifs (C(OH)–C–C–N with tert-alkyl or cyclic N) is 1. The summed E-state index contributed by atoms with van der Waals surface area (Å²) in [6, 6.07) is 4.79. The molecule has 0 saturated carbocycles. The fourth-order valence-electron chi connectivity index (χ4n) is 4.80. The normalized spacial score (nSPS) is 15.5. The minimum absolute atomic E-state index is 0.0419. The molecule has 1 aliphatic rings. The van der Waals surface area contributed by atoms with Crippen LogP contribution in [0.3, 0.4) is 0 Å². The Bertz CT molecular complexity index is 1620. The number of aliphatic hydroxyl groups is 1. The minimum Gasteiger partial charge on any atom is -0.493 e. The highest BCUT2D eigenvalue weighted by molar-refractivity contribution is 7.89. The summed E-state index contributed by atoms with van der Waals surface area (Å²) in [6.45, 7) is 7.30. The van der Waals surface area contributed by atoms with Gasteiger partial charge in [-0.2, -0.15) is 4.31 Å². The highest BCUT2D eigenvalue weighted by Gasteiger charge is 2.30. The van der Waals surface area contributed by atoms with Crippen LogP contribution in [0.2, 0.25) is 0 Å². The lowest BCUT2D eigenvalue weighted by atomic mass is 10.2. The number of fused-ring (bicyclic) bond motifs is 3. The zero-order chi connectivity index (χ0) is 27.6. The van der Waals surface area contributed by atoms with E-state index < -0.39 is 10.0 Å². The molecule has 1 aliphatic heterocycles. The number of nitrogens with one attached hydrogen (secondary N) is 1. The molecular weight excluding hydrogens is 524 g/mol. The smallest absolute Gasteiger partial charge is 0.336 e. The van der Waals surface area contributed by atoms with Gasteiger partial charge in [-0.15, -0.1) is 10.2 Å². The Balaban J connectivity index is 1.60. The molecule has 14 heteroatoms. The molecule has 0 amide bonds. The second-order valence-electron chi connectivity index (χ2n) is 9.57. The van der Waals surface area contributed by atoms with E-state index in [2.05, 4.69) is 15.2 Å². The van der Waals surface area contributed by atoms with E-state index in [9.17, 15) is 18.3 Å².